The Labute approximate surface area is 116 Å². The van der Waals surface area contributed by atoms with Gasteiger partial charge in [0.1, 0.15) is 0 Å². The SMILES string of the molecule is COCCC(N)C(=O)NCC1(N(C)C)CCCCC1. The molecule has 0 aromatic rings. The summed E-state index contributed by atoms with van der Waals surface area (Å²) < 4.78 is 4.95. The number of nitrogens with one attached hydrogen (secondary N) is 1. The number of hydrogen-bond donors (Lipinski definition) is 2. The number of methoxy groups -OCH3 is 1. The van der Waals surface area contributed by atoms with Crippen LogP contribution >= 0.6 is 0 Å². The Morgan fingerprint density at radius 1 is 1.37 bits per heavy atom. The summed E-state index contributed by atoms with van der Waals surface area (Å²) in [4.78, 5) is 14.2. The number of ether oxygens (including phenoxy) is 1. The van der Waals surface area contributed by atoms with Gasteiger partial charge in [-0.15, -0.1) is 0 Å². The molecule has 0 heterocycles. The molecule has 5 nitrogen and oxygen atoms in total. The van der Waals surface area contributed by atoms with E-state index in [1.807, 2.05) is 0 Å². The average Bonchev–Trinajstić information content (AvgIpc) is 2.42. The molecule has 0 aromatic carbocycles. The van der Waals surface area contributed by atoms with E-state index in [4.69, 9.17) is 10.5 Å². The Balaban J connectivity index is 2.45. The first-order valence-corrected chi connectivity index (χ1v) is 7.21. The van der Waals surface area contributed by atoms with Crippen LogP contribution in [-0.4, -0.2) is 56.7 Å². The minimum atomic E-state index is -0.470. The number of hydrogen-bond acceptors (Lipinski definition) is 4. The van der Waals surface area contributed by atoms with E-state index < -0.39 is 6.04 Å². The zero-order valence-electron chi connectivity index (χ0n) is 12.6. The van der Waals surface area contributed by atoms with Crippen LogP contribution in [0.15, 0.2) is 0 Å². The van der Waals surface area contributed by atoms with Gasteiger partial charge in [-0.3, -0.25) is 4.79 Å². The fourth-order valence-corrected chi connectivity index (χ4v) is 2.75. The van der Waals surface area contributed by atoms with Crippen LogP contribution in [0.1, 0.15) is 38.5 Å². The standard InChI is InChI=1S/C14H29N3O2/c1-17(2)14(8-5-4-6-9-14)11-16-13(18)12(15)7-10-19-3/h12H,4-11,15H2,1-3H3,(H,16,18). The molecule has 1 amide bonds. The van der Waals surface area contributed by atoms with Gasteiger partial charge in [0.2, 0.25) is 5.91 Å². The fraction of sp³-hybridized carbons (Fsp3) is 0.929. The van der Waals surface area contributed by atoms with Crippen LogP contribution in [0.3, 0.4) is 0 Å². The number of carbonyl (C=O) groups excluding carboxylic acids is 1. The predicted octanol–water partition coefficient (Wildman–Crippen LogP) is 0.731. The van der Waals surface area contributed by atoms with Gasteiger partial charge in [-0.05, 0) is 33.4 Å². The Hall–Kier alpha value is -0.650. The molecule has 3 N–H and O–H groups in total. The summed E-state index contributed by atoms with van der Waals surface area (Å²) in [7, 11) is 5.82. The summed E-state index contributed by atoms with van der Waals surface area (Å²) in [6, 6.07) is -0.470. The van der Waals surface area contributed by atoms with Crippen molar-refractivity contribution in [3.8, 4) is 0 Å². The maximum absolute atomic E-state index is 11.9. The maximum Gasteiger partial charge on any atom is 0.237 e. The predicted molar refractivity (Wildman–Crippen MR) is 77.0 cm³/mol. The molecule has 0 radical (unpaired) electrons. The highest BCUT2D eigenvalue weighted by molar-refractivity contribution is 5.81. The highest BCUT2D eigenvalue weighted by Gasteiger charge is 2.34. The highest BCUT2D eigenvalue weighted by Crippen LogP contribution is 2.31. The van der Waals surface area contributed by atoms with Gasteiger partial charge >= 0.3 is 0 Å². The molecule has 0 aliphatic heterocycles. The van der Waals surface area contributed by atoms with Crippen molar-refractivity contribution in [1.29, 1.82) is 0 Å². The molecule has 0 aromatic heterocycles. The van der Waals surface area contributed by atoms with E-state index in [9.17, 15) is 4.79 Å². The lowest BCUT2D eigenvalue weighted by Gasteiger charge is -2.43. The van der Waals surface area contributed by atoms with Gasteiger partial charge in [0.25, 0.3) is 0 Å². The maximum atomic E-state index is 11.9. The van der Waals surface area contributed by atoms with Gasteiger partial charge < -0.3 is 20.7 Å². The molecule has 5 heteroatoms. The lowest BCUT2D eigenvalue weighted by molar-refractivity contribution is -0.123. The van der Waals surface area contributed by atoms with Crippen molar-refractivity contribution in [3.63, 3.8) is 0 Å². The third kappa shape index (κ3) is 4.75. The van der Waals surface area contributed by atoms with Crippen LogP contribution in [0, 0.1) is 0 Å². The summed E-state index contributed by atoms with van der Waals surface area (Å²) in [5, 5.41) is 3.02. The van der Waals surface area contributed by atoms with Crippen molar-refractivity contribution in [2.45, 2.75) is 50.1 Å². The Morgan fingerprint density at radius 3 is 2.53 bits per heavy atom. The molecular formula is C14H29N3O2. The topological polar surface area (TPSA) is 67.6 Å². The molecule has 1 fully saturated rings. The summed E-state index contributed by atoms with van der Waals surface area (Å²) in [5.41, 5.74) is 5.94. The summed E-state index contributed by atoms with van der Waals surface area (Å²) in [6.45, 7) is 1.22. The van der Waals surface area contributed by atoms with E-state index in [0.29, 0.717) is 19.6 Å². The van der Waals surface area contributed by atoms with Crippen molar-refractivity contribution in [1.82, 2.24) is 10.2 Å². The van der Waals surface area contributed by atoms with Crippen LogP contribution in [0.25, 0.3) is 0 Å². The molecule has 1 aliphatic rings. The average molecular weight is 271 g/mol. The second-order valence-electron chi connectivity index (χ2n) is 5.79. The number of nitrogens with two attached hydrogens (primary N) is 1. The van der Waals surface area contributed by atoms with Crippen LogP contribution in [0.5, 0.6) is 0 Å². The quantitative estimate of drug-likeness (QED) is 0.716. The van der Waals surface area contributed by atoms with E-state index in [1.165, 1.54) is 19.3 Å². The fourth-order valence-electron chi connectivity index (χ4n) is 2.75. The first kappa shape index (κ1) is 16.4. The van der Waals surface area contributed by atoms with E-state index in [0.717, 1.165) is 12.8 Å². The lowest BCUT2D eigenvalue weighted by atomic mass is 9.80. The molecule has 0 saturated heterocycles. The van der Waals surface area contributed by atoms with Crippen molar-refractivity contribution in [2.24, 2.45) is 5.73 Å². The molecule has 1 saturated carbocycles. The van der Waals surface area contributed by atoms with Gasteiger partial charge in [0.15, 0.2) is 0 Å². The zero-order chi connectivity index (χ0) is 14.3. The van der Waals surface area contributed by atoms with Crippen molar-refractivity contribution in [3.05, 3.63) is 0 Å². The highest BCUT2D eigenvalue weighted by atomic mass is 16.5. The Kier molecular flexibility index (Phi) is 6.75. The summed E-state index contributed by atoms with van der Waals surface area (Å²) in [6.07, 6.45) is 6.64. The Morgan fingerprint density at radius 2 is 2.00 bits per heavy atom. The van der Waals surface area contributed by atoms with Gasteiger partial charge in [-0.2, -0.15) is 0 Å². The largest absolute Gasteiger partial charge is 0.385 e. The van der Waals surface area contributed by atoms with Crippen LogP contribution in [0.2, 0.25) is 0 Å². The monoisotopic (exact) mass is 271 g/mol. The minimum absolute atomic E-state index is 0.0659. The summed E-state index contributed by atoms with van der Waals surface area (Å²) in [5.74, 6) is -0.0659. The number of likely N-dealkylation sites (N-methyl/N-ethyl adjacent to an activating group) is 1. The minimum Gasteiger partial charge on any atom is -0.385 e. The van der Waals surface area contributed by atoms with E-state index >= 15 is 0 Å². The normalized spacial score (nSPS) is 20.3. The molecule has 0 spiro atoms. The smallest absolute Gasteiger partial charge is 0.237 e. The van der Waals surface area contributed by atoms with Crippen LogP contribution in [0.4, 0.5) is 0 Å². The summed E-state index contributed by atoms with van der Waals surface area (Å²) >= 11 is 0. The van der Waals surface area contributed by atoms with Gasteiger partial charge in [0.05, 0.1) is 6.04 Å². The second kappa shape index (κ2) is 7.82. The van der Waals surface area contributed by atoms with Crippen molar-refractivity contribution < 1.29 is 9.53 Å². The molecule has 19 heavy (non-hydrogen) atoms. The third-order valence-corrected chi connectivity index (χ3v) is 4.29. The molecule has 1 unspecified atom stereocenters. The van der Waals surface area contributed by atoms with Crippen LogP contribution < -0.4 is 11.1 Å². The van der Waals surface area contributed by atoms with E-state index in [2.05, 4.69) is 24.3 Å². The molecule has 112 valence electrons. The number of carbonyl (C=O) groups is 1. The number of rotatable bonds is 7. The lowest BCUT2D eigenvalue weighted by Crippen LogP contribution is -2.55. The van der Waals surface area contributed by atoms with Gasteiger partial charge in [-0.1, -0.05) is 19.3 Å². The first-order chi connectivity index (χ1) is 9.02. The number of nitrogens with zero attached hydrogens (tertiary/aromatic N) is 1. The molecule has 1 rings (SSSR count). The molecule has 1 atom stereocenters. The van der Waals surface area contributed by atoms with Gasteiger partial charge in [-0.25, -0.2) is 0 Å². The van der Waals surface area contributed by atoms with Crippen molar-refractivity contribution >= 4 is 5.91 Å². The molecule has 1 aliphatic carbocycles. The Bertz CT molecular complexity index is 276. The molecular weight excluding hydrogens is 242 g/mol. The van der Waals surface area contributed by atoms with Crippen LogP contribution in [-0.2, 0) is 9.53 Å². The number of amides is 1. The van der Waals surface area contributed by atoms with E-state index in [1.54, 1.807) is 7.11 Å². The van der Waals surface area contributed by atoms with E-state index in [-0.39, 0.29) is 11.4 Å². The molecule has 0 bridgehead atoms. The second-order valence-corrected chi connectivity index (χ2v) is 5.79. The van der Waals surface area contributed by atoms with Crippen molar-refractivity contribution in [2.75, 3.05) is 34.4 Å². The third-order valence-electron chi connectivity index (χ3n) is 4.29. The van der Waals surface area contributed by atoms with Gasteiger partial charge in [0, 0.05) is 25.8 Å². The first-order valence-electron chi connectivity index (χ1n) is 7.21. The zero-order valence-corrected chi connectivity index (χ0v) is 12.6.